The third-order valence-corrected chi connectivity index (χ3v) is 4.65. The molecule has 2 aromatic heterocycles. The first-order valence-corrected chi connectivity index (χ1v) is 8.37. The minimum absolute atomic E-state index is 0.350. The molecule has 2 N–H and O–H groups in total. The summed E-state index contributed by atoms with van der Waals surface area (Å²) in [5, 5.41) is 17.9. The second kappa shape index (κ2) is 6.29. The van der Waals surface area contributed by atoms with Crippen LogP contribution < -0.4 is 4.90 Å². The predicted molar refractivity (Wildman–Crippen MR) is 88.3 cm³/mol. The van der Waals surface area contributed by atoms with Crippen LogP contribution >= 0.6 is 0 Å². The molecule has 3 heterocycles. The van der Waals surface area contributed by atoms with Crippen LogP contribution in [0.2, 0.25) is 0 Å². The minimum Gasteiger partial charge on any atom is -0.390 e. The zero-order valence-electron chi connectivity index (χ0n) is 13.2. The van der Waals surface area contributed by atoms with E-state index in [1.54, 1.807) is 12.4 Å². The summed E-state index contributed by atoms with van der Waals surface area (Å²) in [6, 6.07) is 6.19. The van der Waals surface area contributed by atoms with Crippen molar-refractivity contribution in [2.45, 2.75) is 31.4 Å². The second-order valence-electron chi connectivity index (χ2n) is 6.63. The largest absolute Gasteiger partial charge is 0.390 e. The van der Waals surface area contributed by atoms with Crippen LogP contribution in [0.15, 0.2) is 30.6 Å². The molecule has 6 heteroatoms. The lowest BCUT2D eigenvalue weighted by Crippen LogP contribution is -2.33. The molecule has 122 valence electrons. The van der Waals surface area contributed by atoms with Crippen molar-refractivity contribution in [2.75, 3.05) is 31.1 Å². The van der Waals surface area contributed by atoms with E-state index in [9.17, 15) is 5.11 Å². The summed E-state index contributed by atoms with van der Waals surface area (Å²) in [5.74, 6) is 0.678. The van der Waals surface area contributed by atoms with Gasteiger partial charge in [-0.15, -0.1) is 0 Å². The molecule has 0 bridgehead atoms. The lowest BCUT2D eigenvalue weighted by molar-refractivity contribution is 0.128. The molecular formula is C17H23N5O. The number of nitrogens with one attached hydrogen (secondary N) is 1. The zero-order chi connectivity index (χ0) is 15.6. The van der Waals surface area contributed by atoms with Crippen molar-refractivity contribution in [1.82, 2.24) is 20.1 Å². The molecule has 1 aliphatic heterocycles. The van der Waals surface area contributed by atoms with Gasteiger partial charge in [0.15, 0.2) is 0 Å². The molecule has 2 aromatic rings. The normalized spacial score (nSPS) is 23.0. The van der Waals surface area contributed by atoms with Gasteiger partial charge < -0.3 is 10.0 Å². The number of pyridine rings is 1. The third kappa shape index (κ3) is 3.54. The van der Waals surface area contributed by atoms with Crippen molar-refractivity contribution in [2.24, 2.45) is 0 Å². The molecule has 2 fully saturated rings. The Kier molecular flexibility index (Phi) is 4.01. The van der Waals surface area contributed by atoms with Gasteiger partial charge in [-0.25, -0.2) is 0 Å². The summed E-state index contributed by atoms with van der Waals surface area (Å²) in [6.45, 7) is 4.01. The number of β-amino-alcohol motifs (C(OH)–C–C–N with tert-alkyl or cyclic N) is 1. The number of aliphatic hydroxyl groups is 1. The molecule has 1 saturated heterocycles. The minimum atomic E-state index is -0.350. The molecule has 6 nitrogen and oxygen atoms in total. The van der Waals surface area contributed by atoms with Crippen LogP contribution in [0.3, 0.4) is 0 Å². The van der Waals surface area contributed by atoms with E-state index in [2.05, 4.69) is 31.0 Å². The van der Waals surface area contributed by atoms with E-state index in [1.807, 2.05) is 12.1 Å². The number of anilines is 1. The van der Waals surface area contributed by atoms with E-state index in [4.69, 9.17) is 0 Å². The van der Waals surface area contributed by atoms with Crippen molar-refractivity contribution in [3.8, 4) is 0 Å². The molecule has 2 aliphatic rings. The van der Waals surface area contributed by atoms with Crippen molar-refractivity contribution in [3.05, 3.63) is 42.0 Å². The molecule has 0 aromatic carbocycles. The van der Waals surface area contributed by atoms with E-state index in [1.165, 1.54) is 18.5 Å². The smallest absolute Gasteiger partial charge is 0.0841 e. The van der Waals surface area contributed by atoms with Gasteiger partial charge in [-0.2, -0.15) is 5.10 Å². The highest BCUT2D eigenvalue weighted by Crippen LogP contribution is 2.39. The first-order valence-electron chi connectivity index (χ1n) is 8.37. The Morgan fingerprint density at radius 1 is 1.17 bits per heavy atom. The Labute approximate surface area is 136 Å². The van der Waals surface area contributed by atoms with E-state index in [0.717, 1.165) is 31.0 Å². The molecule has 0 spiro atoms. The monoisotopic (exact) mass is 313 g/mol. The molecule has 1 aliphatic carbocycles. The van der Waals surface area contributed by atoms with E-state index < -0.39 is 0 Å². The van der Waals surface area contributed by atoms with Crippen molar-refractivity contribution in [3.63, 3.8) is 0 Å². The first kappa shape index (κ1) is 14.7. The molecule has 23 heavy (non-hydrogen) atoms. The zero-order valence-corrected chi connectivity index (χ0v) is 13.2. The fraction of sp³-hybridized carbons (Fsp3) is 0.529. The van der Waals surface area contributed by atoms with Crippen LogP contribution in [-0.4, -0.2) is 57.5 Å². The van der Waals surface area contributed by atoms with Crippen molar-refractivity contribution < 1.29 is 5.11 Å². The number of aromatic amines is 1. The number of hydrogen-bond acceptors (Lipinski definition) is 5. The first-order chi connectivity index (χ1) is 11.3. The Balaban J connectivity index is 1.40. The average molecular weight is 313 g/mol. The fourth-order valence-electron chi connectivity index (χ4n) is 3.28. The van der Waals surface area contributed by atoms with Gasteiger partial charge in [0.1, 0.15) is 0 Å². The number of aromatic nitrogens is 3. The van der Waals surface area contributed by atoms with Crippen molar-refractivity contribution in [1.29, 1.82) is 0 Å². The highest BCUT2D eigenvalue weighted by molar-refractivity contribution is 5.44. The quantitative estimate of drug-likeness (QED) is 0.892. The summed E-state index contributed by atoms with van der Waals surface area (Å²) in [5.41, 5.74) is 3.48. The van der Waals surface area contributed by atoms with E-state index in [0.29, 0.717) is 19.0 Å². The summed E-state index contributed by atoms with van der Waals surface area (Å²) in [4.78, 5) is 8.60. The van der Waals surface area contributed by atoms with E-state index in [-0.39, 0.29) is 6.10 Å². The highest BCUT2D eigenvalue weighted by Gasteiger charge is 2.27. The lowest BCUT2D eigenvalue weighted by Gasteiger charge is -2.23. The van der Waals surface area contributed by atoms with Crippen LogP contribution in [-0.2, 0) is 6.54 Å². The summed E-state index contributed by atoms with van der Waals surface area (Å²) >= 11 is 0. The van der Waals surface area contributed by atoms with Gasteiger partial charge in [0, 0.05) is 62.4 Å². The Morgan fingerprint density at radius 3 is 2.78 bits per heavy atom. The standard InChI is InChI=1S/C17H23N5O/c23-16-11-21(10-14-9-17(20-19-14)13-1-2-13)7-8-22(12-16)15-3-5-18-6-4-15/h3-6,9,13,16,23H,1-2,7-8,10-12H2,(H,19,20)/t16-/m0/s1. The van der Waals surface area contributed by atoms with Crippen LogP contribution in [0.4, 0.5) is 5.69 Å². The number of H-pyrrole nitrogens is 1. The maximum absolute atomic E-state index is 10.3. The van der Waals surface area contributed by atoms with Crippen LogP contribution in [0.1, 0.15) is 30.1 Å². The summed E-state index contributed by atoms with van der Waals surface area (Å²) in [7, 11) is 0. The van der Waals surface area contributed by atoms with Gasteiger partial charge >= 0.3 is 0 Å². The summed E-state index contributed by atoms with van der Waals surface area (Å²) in [6.07, 6.45) is 5.79. The molecule has 1 atom stereocenters. The topological polar surface area (TPSA) is 68.3 Å². The van der Waals surface area contributed by atoms with Gasteiger partial charge in [-0.05, 0) is 31.0 Å². The van der Waals surface area contributed by atoms with Crippen molar-refractivity contribution >= 4 is 5.69 Å². The maximum atomic E-state index is 10.3. The lowest BCUT2D eigenvalue weighted by atomic mass is 10.2. The van der Waals surface area contributed by atoms with Gasteiger partial charge in [0.25, 0.3) is 0 Å². The predicted octanol–water partition coefficient (Wildman–Crippen LogP) is 1.37. The Hall–Kier alpha value is -1.92. The summed E-state index contributed by atoms with van der Waals surface area (Å²) < 4.78 is 0. The average Bonchev–Trinajstić information content (AvgIpc) is 3.34. The van der Waals surface area contributed by atoms with E-state index >= 15 is 0 Å². The van der Waals surface area contributed by atoms with Gasteiger partial charge in [0.05, 0.1) is 11.8 Å². The van der Waals surface area contributed by atoms with Gasteiger partial charge in [-0.1, -0.05) is 0 Å². The molecule has 1 saturated carbocycles. The Morgan fingerprint density at radius 2 is 2.00 bits per heavy atom. The third-order valence-electron chi connectivity index (χ3n) is 4.65. The number of aliphatic hydroxyl groups excluding tert-OH is 1. The number of hydrogen-bond donors (Lipinski definition) is 2. The Bertz CT molecular complexity index is 639. The molecule has 0 unspecified atom stereocenters. The number of nitrogens with zero attached hydrogens (tertiary/aromatic N) is 4. The molecule has 0 radical (unpaired) electrons. The second-order valence-corrected chi connectivity index (χ2v) is 6.63. The van der Waals surface area contributed by atoms with Gasteiger partial charge in [-0.3, -0.25) is 15.0 Å². The molecule has 4 rings (SSSR count). The number of rotatable bonds is 4. The molecular weight excluding hydrogens is 290 g/mol. The van der Waals surface area contributed by atoms with Crippen LogP contribution in [0, 0.1) is 0 Å². The van der Waals surface area contributed by atoms with Gasteiger partial charge in [0.2, 0.25) is 0 Å². The maximum Gasteiger partial charge on any atom is 0.0841 e. The molecule has 0 amide bonds. The SMILES string of the molecule is O[C@H]1CN(Cc2cc(C3CC3)n[nH]2)CCN(c2ccncc2)C1. The highest BCUT2D eigenvalue weighted by atomic mass is 16.3. The fourth-order valence-corrected chi connectivity index (χ4v) is 3.28. The van der Waals surface area contributed by atoms with Crippen LogP contribution in [0.5, 0.6) is 0 Å². The van der Waals surface area contributed by atoms with Crippen LogP contribution in [0.25, 0.3) is 0 Å².